The van der Waals surface area contributed by atoms with Gasteiger partial charge in [0.25, 0.3) is 0 Å². The van der Waals surface area contributed by atoms with Gasteiger partial charge in [-0.15, -0.1) is 0 Å². The lowest BCUT2D eigenvalue weighted by atomic mass is 9.84. The molecule has 1 heterocycles. The van der Waals surface area contributed by atoms with E-state index < -0.39 is 10.0 Å². The second kappa shape index (κ2) is 8.67. The number of hydrogen-bond acceptors (Lipinski definition) is 4. The third kappa shape index (κ3) is 4.39. The Morgan fingerprint density at radius 1 is 1.20 bits per heavy atom. The average Bonchev–Trinajstić information content (AvgIpc) is 3.04. The molecule has 3 N–H and O–H groups in total. The van der Waals surface area contributed by atoms with Crippen molar-refractivity contribution in [1.29, 1.82) is 0 Å². The summed E-state index contributed by atoms with van der Waals surface area (Å²) in [7, 11) is -3.77. The number of nitrogens with two attached hydrogens (primary N) is 1. The SMILES string of the molecule is CCC(CC)(NCC(=O)N1c2ccc(S(N)(=O)=O)cc2CC1C)c1ccc(Cl)cc1. The van der Waals surface area contributed by atoms with Crippen molar-refractivity contribution in [3.63, 3.8) is 0 Å². The van der Waals surface area contributed by atoms with E-state index >= 15 is 0 Å². The van der Waals surface area contributed by atoms with Crippen LogP contribution in [0.2, 0.25) is 5.02 Å². The van der Waals surface area contributed by atoms with Gasteiger partial charge in [-0.3, -0.25) is 10.1 Å². The van der Waals surface area contributed by atoms with Gasteiger partial charge in [0.2, 0.25) is 15.9 Å². The third-order valence-corrected chi connectivity index (χ3v) is 7.21. The van der Waals surface area contributed by atoms with Crippen molar-refractivity contribution in [3.8, 4) is 0 Å². The minimum atomic E-state index is -3.77. The average molecular weight is 450 g/mol. The van der Waals surface area contributed by atoms with Crippen LogP contribution in [0.4, 0.5) is 5.69 Å². The van der Waals surface area contributed by atoms with Gasteiger partial charge < -0.3 is 4.90 Å². The highest BCUT2D eigenvalue weighted by Gasteiger charge is 2.34. The molecule has 2 aromatic carbocycles. The lowest BCUT2D eigenvalue weighted by Gasteiger charge is -2.35. The predicted octanol–water partition coefficient (Wildman–Crippen LogP) is 3.57. The molecule has 8 heteroatoms. The first-order valence-electron chi connectivity index (χ1n) is 10.1. The van der Waals surface area contributed by atoms with Gasteiger partial charge in [-0.25, -0.2) is 13.6 Å². The molecule has 0 fully saturated rings. The Bertz CT molecular complexity index is 1030. The van der Waals surface area contributed by atoms with Crippen LogP contribution in [0.5, 0.6) is 0 Å². The second-order valence-corrected chi connectivity index (χ2v) is 9.80. The molecule has 0 bridgehead atoms. The molecular formula is C22H28ClN3O3S. The zero-order valence-corrected chi connectivity index (χ0v) is 19.1. The number of nitrogens with one attached hydrogen (secondary N) is 1. The van der Waals surface area contributed by atoms with Crippen LogP contribution >= 0.6 is 11.6 Å². The summed E-state index contributed by atoms with van der Waals surface area (Å²) in [5.74, 6) is -0.0511. The topological polar surface area (TPSA) is 92.5 Å². The highest BCUT2D eigenvalue weighted by atomic mass is 35.5. The molecule has 0 aliphatic carbocycles. The summed E-state index contributed by atoms with van der Waals surface area (Å²) in [6, 6.07) is 12.4. The first-order valence-corrected chi connectivity index (χ1v) is 12.0. The molecule has 0 aromatic heterocycles. The largest absolute Gasteiger partial charge is 0.308 e. The molecule has 6 nitrogen and oxygen atoms in total. The zero-order chi connectivity index (χ0) is 22.1. The van der Waals surface area contributed by atoms with Crippen molar-refractivity contribution in [2.75, 3.05) is 11.4 Å². The molecule has 1 amide bonds. The Kier molecular flexibility index (Phi) is 6.57. The third-order valence-electron chi connectivity index (χ3n) is 6.05. The summed E-state index contributed by atoms with van der Waals surface area (Å²) in [4.78, 5) is 15.0. The number of carbonyl (C=O) groups is 1. The van der Waals surface area contributed by atoms with Crippen LogP contribution < -0.4 is 15.4 Å². The zero-order valence-electron chi connectivity index (χ0n) is 17.5. The number of primary sulfonamides is 1. The van der Waals surface area contributed by atoms with E-state index in [1.54, 1.807) is 17.0 Å². The minimum Gasteiger partial charge on any atom is -0.308 e. The molecule has 1 aliphatic rings. The summed E-state index contributed by atoms with van der Waals surface area (Å²) < 4.78 is 23.3. The van der Waals surface area contributed by atoms with Crippen LogP contribution in [-0.4, -0.2) is 26.9 Å². The maximum Gasteiger partial charge on any atom is 0.241 e. The van der Waals surface area contributed by atoms with E-state index in [1.165, 1.54) is 6.07 Å². The summed E-state index contributed by atoms with van der Waals surface area (Å²) in [5.41, 5.74) is 2.32. The van der Waals surface area contributed by atoms with Crippen molar-refractivity contribution >= 4 is 33.2 Å². The molecule has 0 saturated carbocycles. The Morgan fingerprint density at radius 2 is 1.83 bits per heavy atom. The summed E-state index contributed by atoms with van der Waals surface area (Å²) in [6.45, 7) is 6.32. The van der Waals surface area contributed by atoms with Crippen LogP contribution in [0.15, 0.2) is 47.4 Å². The maximum atomic E-state index is 13.2. The van der Waals surface area contributed by atoms with Crippen molar-refractivity contribution in [2.45, 2.75) is 56.5 Å². The number of carbonyl (C=O) groups excluding carboxylic acids is 1. The molecule has 3 rings (SSSR count). The number of halogens is 1. The fourth-order valence-corrected chi connectivity index (χ4v) is 4.96. The van der Waals surface area contributed by atoms with Gasteiger partial charge >= 0.3 is 0 Å². The maximum absolute atomic E-state index is 13.2. The summed E-state index contributed by atoms with van der Waals surface area (Å²) in [6.07, 6.45) is 2.23. The van der Waals surface area contributed by atoms with Crippen LogP contribution in [0.25, 0.3) is 0 Å². The molecule has 0 saturated heterocycles. The second-order valence-electron chi connectivity index (χ2n) is 7.80. The Labute approximate surface area is 183 Å². The Morgan fingerprint density at radius 3 is 2.40 bits per heavy atom. The number of anilines is 1. The van der Waals surface area contributed by atoms with Gasteiger partial charge in [0.15, 0.2) is 0 Å². The Balaban J connectivity index is 1.81. The van der Waals surface area contributed by atoms with Crippen molar-refractivity contribution in [3.05, 3.63) is 58.6 Å². The van der Waals surface area contributed by atoms with Crippen molar-refractivity contribution < 1.29 is 13.2 Å². The lowest BCUT2D eigenvalue weighted by molar-refractivity contribution is -0.118. The number of fused-ring (bicyclic) bond motifs is 1. The predicted molar refractivity (Wildman–Crippen MR) is 120 cm³/mol. The minimum absolute atomic E-state index is 0.0511. The summed E-state index contributed by atoms with van der Waals surface area (Å²) >= 11 is 6.04. The number of rotatable bonds is 7. The number of benzene rings is 2. The molecular weight excluding hydrogens is 422 g/mol. The number of sulfonamides is 1. The fraction of sp³-hybridized carbons (Fsp3) is 0.409. The Hall–Kier alpha value is -1.93. The first kappa shape index (κ1) is 22.7. The molecule has 1 atom stereocenters. The van der Waals surface area contributed by atoms with Gasteiger partial charge in [0.1, 0.15) is 0 Å². The smallest absolute Gasteiger partial charge is 0.241 e. The molecule has 1 unspecified atom stereocenters. The monoisotopic (exact) mass is 449 g/mol. The normalized spacial score (nSPS) is 16.6. The van der Waals surface area contributed by atoms with Gasteiger partial charge in [-0.2, -0.15) is 0 Å². The van der Waals surface area contributed by atoms with Crippen molar-refractivity contribution in [1.82, 2.24) is 5.32 Å². The number of amides is 1. The number of nitrogens with zero attached hydrogens (tertiary/aromatic N) is 1. The standard InChI is InChI=1S/C22H28ClN3O3S/c1-4-22(5-2,17-6-8-18(23)9-7-17)25-14-21(27)26-15(3)12-16-13-19(30(24,28)29)10-11-20(16)26/h6-11,13,15,25H,4-5,12,14H2,1-3H3,(H2,24,28,29). The van der Waals surface area contributed by atoms with Gasteiger partial charge in [-0.1, -0.05) is 37.6 Å². The van der Waals surface area contributed by atoms with Crippen molar-refractivity contribution in [2.24, 2.45) is 5.14 Å². The van der Waals surface area contributed by atoms with Crippen LogP contribution in [0.1, 0.15) is 44.7 Å². The quantitative estimate of drug-likeness (QED) is 0.675. The molecule has 1 aliphatic heterocycles. The molecule has 0 radical (unpaired) electrons. The van der Waals surface area contributed by atoms with Gasteiger partial charge in [0.05, 0.1) is 11.4 Å². The van der Waals surface area contributed by atoms with Crippen LogP contribution in [0, 0.1) is 0 Å². The van der Waals surface area contributed by atoms with E-state index in [2.05, 4.69) is 19.2 Å². The highest BCUT2D eigenvalue weighted by molar-refractivity contribution is 7.89. The van der Waals surface area contributed by atoms with E-state index in [1.807, 2.05) is 31.2 Å². The van der Waals surface area contributed by atoms with Crippen LogP contribution in [-0.2, 0) is 26.8 Å². The molecule has 162 valence electrons. The molecule has 0 spiro atoms. The van der Waals surface area contributed by atoms with Crippen LogP contribution in [0.3, 0.4) is 0 Å². The van der Waals surface area contributed by atoms with E-state index in [9.17, 15) is 13.2 Å². The summed E-state index contributed by atoms with van der Waals surface area (Å²) in [5, 5.41) is 9.40. The van der Waals surface area contributed by atoms with Gasteiger partial charge in [0, 0.05) is 22.3 Å². The highest BCUT2D eigenvalue weighted by Crippen LogP contribution is 2.34. The molecule has 2 aromatic rings. The lowest BCUT2D eigenvalue weighted by Crippen LogP contribution is -2.48. The van der Waals surface area contributed by atoms with E-state index in [4.69, 9.17) is 16.7 Å². The van der Waals surface area contributed by atoms with Gasteiger partial charge in [-0.05, 0) is 67.6 Å². The van der Waals surface area contributed by atoms with E-state index in [0.29, 0.717) is 11.4 Å². The van der Waals surface area contributed by atoms with E-state index in [0.717, 1.165) is 29.7 Å². The first-order chi connectivity index (χ1) is 14.1. The fourth-order valence-electron chi connectivity index (χ4n) is 4.27. The molecule has 30 heavy (non-hydrogen) atoms. The van der Waals surface area contributed by atoms with E-state index in [-0.39, 0.29) is 28.9 Å². The number of hydrogen-bond donors (Lipinski definition) is 2.